The Balaban J connectivity index is 2.10. The maximum absolute atomic E-state index is 2.42. The molecule has 2 heterocycles. The molecule has 0 spiro atoms. The van der Waals surface area contributed by atoms with Crippen molar-refractivity contribution in [3.8, 4) is 9.75 Å². The molecule has 0 amide bonds. The van der Waals surface area contributed by atoms with Crippen LogP contribution in [0.4, 0.5) is 0 Å². The molecular formula is C20H28S2. The Morgan fingerprint density at radius 1 is 0.864 bits per heavy atom. The number of thiophene rings is 2. The molecule has 0 fully saturated rings. The van der Waals surface area contributed by atoms with Crippen molar-refractivity contribution in [2.75, 3.05) is 0 Å². The van der Waals surface area contributed by atoms with Gasteiger partial charge in [-0.25, -0.2) is 0 Å². The lowest BCUT2D eigenvalue weighted by Crippen LogP contribution is -2.17. The molecule has 1 aliphatic rings. The predicted octanol–water partition coefficient (Wildman–Crippen LogP) is 7.02. The van der Waals surface area contributed by atoms with Gasteiger partial charge in [0.1, 0.15) is 0 Å². The fraction of sp³-hybridized carbons (Fsp3) is 0.600. The van der Waals surface area contributed by atoms with Crippen molar-refractivity contribution in [2.45, 2.75) is 73.6 Å². The first-order valence-corrected chi connectivity index (χ1v) is 9.91. The molecule has 2 aromatic heterocycles. The second kappa shape index (κ2) is 4.95. The molecule has 0 N–H and O–H groups in total. The third-order valence-electron chi connectivity index (χ3n) is 5.19. The minimum absolute atomic E-state index is 0.181. The summed E-state index contributed by atoms with van der Waals surface area (Å²) in [5.41, 5.74) is 6.89. The van der Waals surface area contributed by atoms with Crippen molar-refractivity contribution in [2.24, 2.45) is 5.41 Å². The summed E-state index contributed by atoms with van der Waals surface area (Å²) in [6.45, 7) is 18.8. The van der Waals surface area contributed by atoms with E-state index in [2.05, 4.69) is 66.7 Å². The Kier molecular flexibility index (Phi) is 3.66. The van der Waals surface area contributed by atoms with Crippen LogP contribution >= 0.6 is 22.7 Å². The van der Waals surface area contributed by atoms with Gasteiger partial charge in [-0.2, -0.15) is 0 Å². The van der Waals surface area contributed by atoms with E-state index in [1.54, 1.807) is 31.3 Å². The summed E-state index contributed by atoms with van der Waals surface area (Å²) in [6.07, 6.45) is 2.49. The largest absolute Gasteiger partial charge is 0.139 e. The lowest BCUT2D eigenvalue weighted by atomic mass is 9.79. The molecule has 0 radical (unpaired) electrons. The van der Waals surface area contributed by atoms with Crippen LogP contribution in [0.15, 0.2) is 0 Å². The molecule has 22 heavy (non-hydrogen) atoms. The van der Waals surface area contributed by atoms with Crippen molar-refractivity contribution >= 4 is 22.7 Å². The first-order chi connectivity index (χ1) is 10.0. The van der Waals surface area contributed by atoms with Gasteiger partial charge in [-0.05, 0) is 61.3 Å². The van der Waals surface area contributed by atoms with Crippen LogP contribution in [0.3, 0.4) is 0 Å². The van der Waals surface area contributed by atoms with Crippen LogP contribution in [0.5, 0.6) is 0 Å². The van der Waals surface area contributed by atoms with Gasteiger partial charge in [-0.15, -0.1) is 22.7 Å². The van der Waals surface area contributed by atoms with Crippen LogP contribution in [-0.2, 0) is 11.8 Å². The molecule has 0 saturated carbocycles. The topological polar surface area (TPSA) is 0 Å². The lowest BCUT2D eigenvalue weighted by Gasteiger charge is -2.23. The molecule has 3 rings (SSSR count). The van der Waals surface area contributed by atoms with Gasteiger partial charge in [0.25, 0.3) is 0 Å². The minimum Gasteiger partial charge on any atom is -0.139 e. The molecule has 0 atom stereocenters. The van der Waals surface area contributed by atoms with Gasteiger partial charge >= 0.3 is 0 Å². The summed E-state index contributed by atoms with van der Waals surface area (Å²) in [5.74, 6) is 0. The van der Waals surface area contributed by atoms with Crippen LogP contribution in [0, 0.1) is 26.2 Å². The fourth-order valence-electron chi connectivity index (χ4n) is 3.86. The van der Waals surface area contributed by atoms with Crippen molar-refractivity contribution in [3.63, 3.8) is 0 Å². The van der Waals surface area contributed by atoms with Gasteiger partial charge in [0.15, 0.2) is 0 Å². The Morgan fingerprint density at radius 2 is 1.41 bits per heavy atom. The molecule has 0 aromatic carbocycles. The molecule has 0 aliphatic heterocycles. The maximum Gasteiger partial charge on any atom is 0.0492 e. The molecule has 120 valence electrons. The van der Waals surface area contributed by atoms with Crippen molar-refractivity contribution in [1.29, 1.82) is 0 Å². The predicted molar refractivity (Wildman–Crippen MR) is 102 cm³/mol. The average Bonchev–Trinajstić information content (AvgIpc) is 2.92. The van der Waals surface area contributed by atoms with E-state index in [1.165, 1.54) is 23.3 Å². The number of aryl methyl sites for hydroxylation is 2. The van der Waals surface area contributed by atoms with Gasteiger partial charge in [-0.1, -0.05) is 34.6 Å². The van der Waals surface area contributed by atoms with E-state index in [1.807, 2.05) is 11.3 Å². The molecule has 0 bridgehead atoms. The smallest absolute Gasteiger partial charge is 0.0492 e. The Bertz CT molecular complexity index is 733. The summed E-state index contributed by atoms with van der Waals surface area (Å²) in [6, 6.07) is 0. The molecule has 0 nitrogen and oxygen atoms in total. The van der Waals surface area contributed by atoms with E-state index < -0.39 is 0 Å². The highest BCUT2D eigenvalue weighted by molar-refractivity contribution is 7.23. The third kappa shape index (κ3) is 2.30. The molecular weight excluding hydrogens is 304 g/mol. The van der Waals surface area contributed by atoms with E-state index in [0.29, 0.717) is 5.41 Å². The lowest BCUT2D eigenvalue weighted by molar-refractivity contribution is 0.379. The standard InChI is InChI=1S/C20H28S2/c1-11-13(3)21-17-15(11)20(7,8)16-12(2)14(22-18(16)17)9-10-19(4,5)6/h9-10H2,1-8H3. The van der Waals surface area contributed by atoms with E-state index >= 15 is 0 Å². The molecule has 2 aromatic rings. The van der Waals surface area contributed by atoms with Crippen LogP contribution in [-0.4, -0.2) is 0 Å². The van der Waals surface area contributed by atoms with Gasteiger partial charge in [0.2, 0.25) is 0 Å². The summed E-state index contributed by atoms with van der Waals surface area (Å²) in [7, 11) is 0. The van der Waals surface area contributed by atoms with E-state index in [4.69, 9.17) is 0 Å². The van der Waals surface area contributed by atoms with E-state index in [9.17, 15) is 0 Å². The van der Waals surface area contributed by atoms with Gasteiger partial charge in [0.05, 0.1) is 0 Å². The van der Waals surface area contributed by atoms with E-state index in [-0.39, 0.29) is 5.41 Å². The first-order valence-electron chi connectivity index (χ1n) is 8.27. The van der Waals surface area contributed by atoms with Crippen LogP contribution in [0.25, 0.3) is 9.75 Å². The molecule has 1 aliphatic carbocycles. The van der Waals surface area contributed by atoms with Crippen LogP contribution < -0.4 is 0 Å². The number of rotatable bonds is 2. The zero-order valence-electron chi connectivity index (χ0n) is 15.2. The van der Waals surface area contributed by atoms with Gasteiger partial charge in [0, 0.05) is 24.9 Å². The summed E-state index contributed by atoms with van der Waals surface area (Å²) >= 11 is 4.07. The Morgan fingerprint density at radius 3 is 2.00 bits per heavy atom. The Labute approximate surface area is 143 Å². The van der Waals surface area contributed by atoms with Crippen LogP contribution in [0.2, 0.25) is 0 Å². The monoisotopic (exact) mass is 332 g/mol. The highest BCUT2D eigenvalue weighted by Crippen LogP contribution is 2.58. The fourth-order valence-corrected chi connectivity index (χ4v) is 6.79. The minimum atomic E-state index is 0.181. The molecule has 2 heteroatoms. The third-order valence-corrected chi connectivity index (χ3v) is 7.91. The van der Waals surface area contributed by atoms with Crippen molar-refractivity contribution < 1.29 is 0 Å². The zero-order chi connectivity index (χ0) is 16.4. The quantitative estimate of drug-likeness (QED) is 0.554. The number of hydrogen-bond donors (Lipinski definition) is 0. The number of hydrogen-bond acceptors (Lipinski definition) is 2. The van der Waals surface area contributed by atoms with Crippen molar-refractivity contribution in [1.82, 2.24) is 0 Å². The maximum atomic E-state index is 2.42. The SMILES string of the molecule is Cc1sc2c(c1C)C(C)(C)c1c-2sc(CCC(C)(C)C)c1C. The first kappa shape index (κ1) is 16.3. The molecule has 0 unspecified atom stereocenters. The summed E-state index contributed by atoms with van der Waals surface area (Å²) in [4.78, 5) is 6.24. The normalized spacial score (nSPS) is 16.0. The van der Waals surface area contributed by atoms with Gasteiger partial charge in [-0.3, -0.25) is 0 Å². The molecule has 0 saturated heterocycles. The van der Waals surface area contributed by atoms with E-state index in [0.717, 1.165) is 0 Å². The van der Waals surface area contributed by atoms with Crippen molar-refractivity contribution in [3.05, 3.63) is 32.0 Å². The highest BCUT2D eigenvalue weighted by Gasteiger charge is 2.42. The number of fused-ring (bicyclic) bond motifs is 3. The van der Waals surface area contributed by atoms with Crippen LogP contribution in [0.1, 0.15) is 73.0 Å². The van der Waals surface area contributed by atoms with Gasteiger partial charge < -0.3 is 0 Å². The Hall–Kier alpha value is -0.600. The summed E-state index contributed by atoms with van der Waals surface area (Å²) < 4.78 is 0. The average molecular weight is 333 g/mol. The highest BCUT2D eigenvalue weighted by atomic mass is 32.1. The second-order valence-corrected chi connectivity index (χ2v) is 10.9. The second-order valence-electron chi connectivity index (χ2n) is 8.53. The summed E-state index contributed by atoms with van der Waals surface area (Å²) in [5, 5.41) is 0. The zero-order valence-corrected chi connectivity index (χ0v) is 16.9.